The molecule has 22 heavy (non-hydrogen) atoms. The topological polar surface area (TPSA) is 38.8 Å². The molecule has 0 unspecified atom stereocenters. The predicted molar refractivity (Wildman–Crippen MR) is 79.5 cm³/mol. The molecule has 0 saturated carbocycles. The molecule has 1 aromatic rings. The van der Waals surface area contributed by atoms with Crippen molar-refractivity contribution in [2.24, 2.45) is 0 Å². The summed E-state index contributed by atoms with van der Waals surface area (Å²) in [6.07, 6.45) is -4.03. The lowest BCUT2D eigenvalue weighted by Gasteiger charge is -2.24. The Labute approximate surface area is 135 Å². The Balaban J connectivity index is 3.18. The highest BCUT2D eigenvalue weighted by atomic mass is 79.9. The molecule has 1 amide bonds. The summed E-state index contributed by atoms with van der Waals surface area (Å²) in [7, 11) is 2.79. The van der Waals surface area contributed by atoms with E-state index in [1.165, 1.54) is 26.4 Å². The number of benzene rings is 1. The highest BCUT2D eigenvalue weighted by molar-refractivity contribution is 9.10. The molecule has 0 atom stereocenters. The fraction of sp³-hybridized carbons (Fsp3) is 0.500. The maximum atomic E-state index is 12.6. The summed E-state index contributed by atoms with van der Waals surface area (Å²) >= 11 is 3.25. The molecule has 0 N–H and O–H groups in total. The van der Waals surface area contributed by atoms with Crippen molar-refractivity contribution in [3.05, 3.63) is 22.2 Å². The summed E-state index contributed by atoms with van der Waals surface area (Å²) in [5, 5.41) is 0. The monoisotopic (exact) mass is 383 g/mol. The second kappa shape index (κ2) is 7.71. The van der Waals surface area contributed by atoms with Crippen molar-refractivity contribution in [1.29, 1.82) is 0 Å². The Kier molecular flexibility index (Phi) is 6.52. The summed E-state index contributed by atoms with van der Waals surface area (Å²) in [5.41, 5.74) is 0.0783. The molecular formula is C14H17BrF3NO3. The van der Waals surface area contributed by atoms with Gasteiger partial charge in [-0.15, -0.1) is 0 Å². The van der Waals surface area contributed by atoms with Gasteiger partial charge in [-0.25, -0.2) is 0 Å². The first-order valence-electron chi connectivity index (χ1n) is 6.51. The van der Waals surface area contributed by atoms with Gasteiger partial charge in [0, 0.05) is 12.1 Å². The van der Waals surface area contributed by atoms with Gasteiger partial charge in [0.2, 0.25) is 0 Å². The Morgan fingerprint density at radius 2 is 1.73 bits per heavy atom. The van der Waals surface area contributed by atoms with E-state index in [9.17, 15) is 18.0 Å². The molecule has 0 aromatic heterocycles. The smallest absolute Gasteiger partial charge is 0.406 e. The molecule has 0 aliphatic carbocycles. The van der Waals surface area contributed by atoms with Crippen LogP contribution in [0.15, 0.2) is 16.6 Å². The van der Waals surface area contributed by atoms with Crippen LogP contribution in [0, 0.1) is 0 Å². The summed E-state index contributed by atoms with van der Waals surface area (Å²) in [5.74, 6) is -0.0967. The number of methoxy groups -OCH3 is 2. The zero-order valence-corrected chi connectivity index (χ0v) is 14.0. The third-order valence-electron chi connectivity index (χ3n) is 2.84. The highest BCUT2D eigenvalue weighted by Gasteiger charge is 2.33. The van der Waals surface area contributed by atoms with Gasteiger partial charge in [0.25, 0.3) is 5.91 Å². The van der Waals surface area contributed by atoms with E-state index in [2.05, 4.69) is 15.9 Å². The third-order valence-corrected chi connectivity index (χ3v) is 3.63. The third kappa shape index (κ3) is 4.79. The van der Waals surface area contributed by atoms with Crippen molar-refractivity contribution >= 4 is 21.8 Å². The molecule has 0 heterocycles. The Morgan fingerprint density at radius 1 is 1.23 bits per heavy atom. The van der Waals surface area contributed by atoms with Gasteiger partial charge in [0.15, 0.2) is 0 Å². The molecule has 4 nitrogen and oxygen atoms in total. The Hall–Kier alpha value is -1.44. The molecular weight excluding hydrogens is 367 g/mol. The first-order valence-corrected chi connectivity index (χ1v) is 7.30. The van der Waals surface area contributed by atoms with Crippen LogP contribution in [0.25, 0.3) is 0 Å². The van der Waals surface area contributed by atoms with Crippen molar-refractivity contribution < 1.29 is 27.4 Å². The first kappa shape index (κ1) is 18.6. The van der Waals surface area contributed by atoms with E-state index < -0.39 is 18.6 Å². The number of ether oxygens (including phenoxy) is 2. The second-order valence-electron chi connectivity index (χ2n) is 4.54. The number of carbonyl (C=O) groups is 1. The van der Waals surface area contributed by atoms with Crippen molar-refractivity contribution in [2.45, 2.75) is 19.5 Å². The minimum absolute atomic E-state index is 0.0129. The summed E-state index contributed by atoms with van der Waals surface area (Å²) in [6.45, 7) is 0.429. The zero-order chi connectivity index (χ0) is 16.9. The van der Waals surface area contributed by atoms with E-state index in [4.69, 9.17) is 9.47 Å². The van der Waals surface area contributed by atoms with Gasteiger partial charge in [-0.2, -0.15) is 13.2 Å². The fourth-order valence-corrected chi connectivity index (χ4v) is 2.47. The molecule has 124 valence electrons. The van der Waals surface area contributed by atoms with Crippen LogP contribution in [0.4, 0.5) is 13.2 Å². The van der Waals surface area contributed by atoms with E-state index in [0.717, 1.165) is 4.90 Å². The largest absolute Gasteiger partial charge is 0.495 e. The van der Waals surface area contributed by atoms with Crippen LogP contribution in [0.1, 0.15) is 23.7 Å². The molecule has 0 aliphatic rings. The van der Waals surface area contributed by atoms with Crippen LogP contribution in [0.5, 0.6) is 11.5 Å². The van der Waals surface area contributed by atoms with Gasteiger partial charge in [0.05, 0.1) is 14.2 Å². The van der Waals surface area contributed by atoms with E-state index in [0.29, 0.717) is 22.4 Å². The Bertz CT molecular complexity index is 510. The number of carbonyl (C=O) groups excluding carboxylic acids is 1. The average Bonchev–Trinajstić information content (AvgIpc) is 2.45. The quantitative estimate of drug-likeness (QED) is 0.747. The molecule has 1 aromatic carbocycles. The predicted octanol–water partition coefficient (Wildman–Crippen LogP) is 3.88. The van der Waals surface area contributed by atoms with Crippen molar-refractivity contribution in [2.75, 3.05) is 27.3 Å². The van der Waals surface area contributed by atoms with Crippen molar-refractivity contribution in [1.82, 2.24) is 4.90 Å². The Morgan fingerprint density at radius 3 is 2.09 bits per heavy atom. The fourth-order valence-electron chi connectivity index (χ4n) is 1.91. The van der Waals surface area contributed by atoms with Crippen LogP contribution in [-0.4, -0.2) is 44.3 Å². The molecule has 0 spiro atoms. The van der Waals surface area contributed by atoms with Crippen molar-refractivity contribution in [3.63, 3.8) is 0 Å². The SMILES string of the molecule is CCCN(CC(F)(F)F)C(=O)c1cc(OC)c(Br)c(OC)c1. The maximum absolute atomic E-state index is 12.6. The first-order chi connectivity index (χ1) is 10.2. The number of hydrogen-bond acceptors (Lipinski definition) is 3. The van der Waals surface area contributed by atoms with E-state index in [-0.39, 0.29) is 12.1 Å². The van der Waals surface area contributed by atoms with Crippen LogP contribution in [-0.2, 0) is 0 Å². The molecule has 1 rings (SSSR count). The standard InChI is InChI=1S/C14H17BrF3NO3/c1-4-5-19(8-14(16,17)18)13(20)9-6-10(21-2)12(15)11(7-9)22-3/h6-7H,4-5,8H2,1-3H3. The van der Waals surface area contributed by atoms with Gasteiger partial charge in [-0.3, -0.25) is 4.79 Å². The van der Waals surface area contributed by atoms with E-state index in [1.54, 1.807) is 6.92 Å². The summed E-state index contributed by atoms with van der Waals surface area (Å²) in [4.78, 5) is 13.1. The number of rotatable bonds is 6. The summed E-state index contributed by atoms with van der Waals surface area (Å²) < 4.78 is 48.5. The molecule has 0 radical (unpaired) electrons. The van der Waals surface area contributed by atoms with Crippen LogP contribution in [0.3, 0.4) is 0 Å². The highest BCUT2D eigenvalue weighted by Crippen LogP contribution is 2.36. The number of halogens is 4. The van der Waals surface area contributed by atoms with Crippen molar-refractivity contribution in [3.8, 4) is 11.5 Å². The van der Waals surface area contributed by atoms with Gasteiger partial charge in [-0.05, 0) is 34.5 Å². The van der Waals surface area contributed by atoms with Crippen LogP contribution >= 0.6 is 15.9 Å². The summed E-state index contributed by atoms with van der Waals surface area (Å²) in [6, 6.07) is 2.77. The molecule has 8 heteroatoms. The number of alkyl halides is 3. The van der Waals surface area contributed by atoms with Crippen LogP contribution < -0.4 is 9.47 Å². The lowest BCUT2D eigenvalue weighted by Crippen LogP contribution is -2.39. The van der Waals surface area contributed by atoms with E-state index >= 15 is 0 Å². The molecule has 0 bridgehead atoms. The van der Waals surface area contributed by atoms with Gasteiger partial charge >= 0.3 is 6.18 Å². The average molecular weight is 384 g/mol. The van der Waals surface area contributed by atoms with Gasteiger partial charge in [-0.1, -0.05) is 6.92 Å². The zero-order valence-electron chi connectivity index (χ0n) is 12.5. The molecule has 0 aliphatic heterocycles. The lowest BCUT2D eigenvalue weighted by atomic mass is 10.1. The molecule has 0 saturated heterocycles. The normalized spacial score (nSPS) is 11.2. The van der Waals surface area contributed by atoms with Crippen LogP contribution in [0.2, 0.25) is 0 Å². The lowest BCUT2D eigenvalue weighted by molar-refractivity contribution is -0.140. The molecule has 0 fully saturated rings. The maximum Gasteiger partial charge on any atom is 0.406 e. The minimum atomic E-state index is -4.45. The number of amides is 1. The second-order valence-corrected chi connectivity index (χ2v) is 5.33. The van der Waals surface area contributed by atoms with Gasteiger partial charge in [0.1, 0.15) is 22.5 Å². The van der Waals surface area contributed by atoms with E-state index in [1.807, 2.05) is 0 Å². The minimum Gasteiger partial charge on any atom is -0.495 e. The van der Waals surface area contributed by atoms with Gasteiger partial charge < -0.3 is 14.4 Å². The number of hydrogen-bond donors (Lipinski definition) is 0. The number of nitrogens with zero attached hydrogens (tertiary/aromatic N) is 1.